The molecule has 0 bridgehead atoms. The predicted molar refractivity (Wildman–Crippen MR) is 122 cm³/mol. The van der Waals surface area contributed by atoms with Crippen LogP contribution in [0.3, 0.4) is 0 Å². The van der Waals surface area contributed by atoms with Crippen LogP contribution in [0.25, 0.3) is 0 Å². The maximum Gasteiger partial charge on any atom is 0.271 e. The molecule has 1 N–H and O–H groups in total. The van der Waals surface area contributed by atoms with E-state index in [1.165, 1.54) is 21.9 Å². The van der Waals surface area contributed by atoms with Gasteiger partial charge in [0.15, 0.2) is 0 Å². The molecular weight excluding hydrogens is 421 g/mol. The summed E-state index contributed by atoms with van der Waals surface area (Å²) in [6.45, 7) is 1.92. The molecule has 3 amide bonds. The number of carbonyl (C=O) groups excluding carboxylic acids is 3. The van der Waals surface area contributed by atoms with Crippen LogP contribution in [0.2, 0.25) is 0 Å². The van der Waals surface area contributed by atoms with Gasteiger partial charge < -0.3 is 10.2 Å². The van der Waals surface area contributed by atoms with Crippen molar-refractivity contribution in [2.24, 2.45) is 0 Å². The van der Waals surface area contributed by atoms with E-state index in [9.17, 15) is 18.8 Å². The highest BCUT2D eigenvalue weighted by Gasteiger charge is 2.60. The van der Waals surface area contributed by atoms with Gasteiger partial charge in [-0.1, -0.05) is 48.5 Å². The third kappa shape index (κ3) is 3.28. The quantitative estimate of drug-likeness (QED) is 0.655. The Morgan fingerprint density at radius 3 is 2.55 bits per heavy atom. The van der Waals surface area contributed by atoms with Crippen LogP contribution >= 0.6 is 0 Å². The summed E-state index contributed by atoms with van der Waals surface area (Å²) in [6, 6.07) is 20.5. The zero-order valence-corrected chi connectivity index (χ0v) is 18.0. The minimum Gasteiger partial charge on any atom is -0.320 e. The summed E-state index contributed by atoms with van der Waals surface area (Å²) in [6.07, 6.45) is 0.203. The smallest absolute Gasteiger partial charge is 0.271 e. The average Bonchev–Trinajstić information content (AvgIpc) is 3.18. The Bertz CT molecular complexity index is 1280. The van der Waals surface area contributed by atoms with Crippen LogP contribution < -0.4 is 10.2 Å². The van der Waals surface area contributed by atoms with Crippen molar-refractivity contribution in [2.75, 3.05) is 10.2 Å². The van der Waals surface area contributed by atoms with Crippen molar-refractivity contribution >= 4 is 29.1 Å². The van der Waals surface area contributed by atoms with E-state index < -0.39 is 17.4 Å². The van der Waals surface area contributed by atoms with Crippen molar-refractivity contribution in [3.63, 3.8) is 0 Å². The first-order valence-corrected chi connectivity index (χ1v) is 10.8. The van der Waals surface area contributed by atoms with Gasteiger partial charge in [-0.2, -0.15) is 0 Å². The molecule has 6 nitrogen and oxygen atoms in total. The molecule has 2 aliphatic heterocycles. The Morgan fingerprint density at radius 2 is 1.76 bits per heavy atom. The number of fused-ring (bicyclic) bond motifs is 3. The van der Waals surface area contributed by atoms with Crippen molar-refractivity contribution in [3.8, 4) is 0 Å². The van der Waals surface area contributed by atoms with E-state index in [0.717, 1.165) is 11.1 Å². The number of nitrogens with one attached hydrogen (secondary N) is 1. The minimum absolute atomic E-state index is 0.0136. The second-order valence-corrected chi connectivity index (χ2v) is 8.38. The molecule has 2 heterocycles. The SMILES string of the molecule is Cc1ccc(F)c(NC(=O)[C@]23CCC(=O)N2c2ccccc2C(=O)N3Cc2ccccc2)c1. The zero-order valence-electron chi connectivity index (χ0n) is 18.0. The van der Waals surface area contributed by atoms with E-state index in [-0.39, 0.29) is 36.9 Å². The number of amides is 3. The van der Waals surface area contributed by atoms with Crippen molar-refractivity contribution < 1.29 is 18.8 Å². The van der Waals surface area contributed by atoms with E-state index >= 15 is 0 Å². The number of carbonyl (C=O) groups is 3. The lowest BCUT2D eigenvalue weighted by atomic mass is 9.94. The highest BCUT2D eigenvalue weighted by Crippen LogP contribution is 2.45. The highest BCUT2D eigenvalue weighted by molar-refractivity contribution is 6.18. The van der Waals surface area contributed by atoms with E-state index in [4.69, 9.17) is 0 Å². The normalized spacial score (nSPS) is 19.3. The van der Waals surface area contributed by atoms with Gasteiger partial charge in [-0.3, -0.25) is 19.3 Å². The zero-order chi connectivity index (χ0) is 23.2. The monoisotopic (exact) mass is 443 g/mol. The summed E-state index contributed by atoms with van der Waals surface area (Å²) in [4.78, 5) is 43.5. The first-order chi connectivity index (χ1) is 15.9. The topological polar surface area (TPSA) is 69.7 Å². The van der Waals surface area contributed by atoms with E-state index in [1.807, 2.05) is 30.3 Å². The Labute approximate surface area is 190 Å². The number of hydrogen-bond acceptors (Lipinski definition) is 3. The van der Waals surface area contributed by atoms with Gasteiger partial charge >= 0.3 is 0 Å². The van der Waals surface area contributed by atoms with Crippen LogP contribution in [0.1, 0.15) is 34.3 Å². The summed E-state index contributed by atoms with van der Waals surface area (Å²) in [7, 11) is 0. The van der Waals surface area contributed by atoms with Crippen LogP contribution in [0.15, 0.2) is 72.8 Å². The molecular formula is C26H22FN3O3. The van der Waals surface area contributed by atoms with Crippen LogP contribution in [0.4, 0.5) is 15.8 Å². The van der Waals surface area contributed by atoms with Crippen LogP contribution in [0.5, 0.6) is 0 Å². The molecule has 3 aromatic rings. The molecule has 0 saturated carbocycles. The third-order valence-corrected chi connectivity index (χ3v) is 6.29. The van der Waals surface area contributed by atoms with Crippen molar-refractivity contribution in [1.29, 1.82) is 0 Å². The number of anilines is 2. The first-order valence-electron chi connectivity index (χ1n) is 10.8. The first kappa shape index (κ1) is 20.9. The predicted octanol–water partition coefficient (Wildman–Crippen LogP) is 4.25. The summed E-state index contributed by atoms with van der Waals surface area (Å²) >= 11 is 0. The number of rotatable bonds is 4. The lowest BCUT2D eigenvalue weighted by Gasteiger charge is -2.49. The van der Waals surface area contributed by atoms with Crippen LogP contribution in [0, 0.1) is 12.7 Å². The largest absolute Gasteiger partial charge is 0.320 e. The molecule has 166 valence electrons. The Hall–Kier alpha value is -4.00. The molecule has 1 fully saturated rings. The molecule has 1 atom stereocenters. The molecule has 0 spiro atoms. The molecule has 0 radical (unpaired) electrons. The summed E-state index contributed by atoms with van der Waals surface area (Å²) < 4.78 is 14.5. The number of benzene rings is 3. The average molecular weight is 443 g/mol. The summed E-state index contributed by atoms with van der Waals surface area (Å²) in [5.41, 5.74) is 0.755. The molecule has 1 saturated heterocycles. The lowest BCUT2D eigenvalue weighted by Crippen LogP contribution is -2.69. The van der Waals surface area contributed by atoms with Crippen LogP contribution in [-0.2, 0) is 16.1 Å². The van der Waals surface area contributed by atoms with Gasteiger partial charge in [0.05, 0.1) is 16.9 Å². The number of nitrogens with zero attached hydrogens (tertiary/aromatic N) is 2. The third-order valence-electron chi connectivity index (χ3n) is 6.29. The fourth-order valence-corrected chi connectivity index (χ4v) is 4.73. The van der Waals surface area contributed by atoms with Gasteiger partial charge in [0, 0.05) is 19.4 Å². The van der Waals surface area contributed by atoms with E-state index in [2.05, 4.69) is 5.32 Å². The standard InChI is InChI=1S/C26H22FN3O3/c1-17-11-12-20(27)21(15-17)28-25(33)26-14-13-23(31)30(26)22-10-6-5-9-19(22)24(32)29(26)16-18-7-3-2-4-8-18/h2-12,15H,13-14,16H2,1H3,(H,28,33)/t26-/m0/s1. The second kappa shape index (κ2) is 7.85. The van der Waals surface area contributed by atoms with Crippen LogP contribution in [-0.4, -0.2) is 28.3 Å². The van der Waals surface area contributed by atoms with Gasteiger partial charge in [-0.25, -0.2) is 4.39 Å². The van der Waals surface area contributed by atoms with Crippen molar-refractivity contribution in [2.45, 2.75) is 32.0 Å². The minimum atomic E-state index is -1.60. The van der Waals surface area contributed by atoms with E-state index in [0.29, 0.717) is 11.3 Å². The number of para-hydroxylation sites is 1. The number of hydrogen-bond donors (Lipinski definition) is 1. The maximum atomic E-state index is 14.5. The molecule has 0 aliphatic carbocycles. The fraction of sp³-hybridized carbons (Fsp3) is 0.192. The van der Waals surface area contributed by atoms with Crippen molar-refractivity contribution in [3.05, 3.63) is 95.3 Å². The van der Waals surface area contributed by atoms with Gasteiger partial charge in [-0.05, 0) is 42.3 Å². The summed E-state index contributed by atoms with van der Waals surface area (Å²) in [5.74, 6) is -1.80. The highest BCUT2D eigenvalue weighted by atomic mass is 19.1. The van der Waals surface area contributed by atoms with Gasteiger partial charge in [-0.15, -0.1) is 0 Å². The molecule has 33 heavy (non-hydrogen) atoms. The molecule has 3 aromatic carbocycles. The van der Waals surface area contributed by atoms with Gasteiger partial charge in [0.2, 0.25) is 11.6 Å². The second-order valence-electron chi connectivity index (χ2n) is 8.38. The molecule has 7 heteroatoms. The molecule has 0 aromatic heterocycles. The lowest BCUT2D eigenvalue weighted by molar-refractivity contribution is -0.129. The Kier molecular flexibility index (Phi) is 4.96. The number of halogens is 1. The van der Waals surface area contributed by atoms with Gasteiger partial charge in [0.1, 0.15) is 5.82 Å². The maximum absolute atomic E-state index is 14.5. The molecule has 2 aliphatic rings. The Morgan fingerprint density at radius 1 is 1.03 bits per heavy atom. The number of aryl methyl sites for hydroxylation is 1. The Balaban J connectivity index is 1.66. The summed E-state index contributed by atoms with van der Waals surface area (Å²) in [5, 5.41) is 2.67. The van der Waals surface area contributed by atoms with Crippen molar-refractivity contribution in [1.82, 2.24) is 4.90 Å². The molecule has 0 unspecified atom stereocenters. The fourth-order valence-electron chi connectivity index (χ4n) is 4.73. The molecule has 5 rings (SSSR count). The van der Waals surface area contributed by atoms with Gasteiger partial charge in [0.25, 0.3) is 11.8 Å². The van der Waals surface area contributed by atoms with E-state index in [1.54, 1.807) is 37.3 Å².